The summed E-state index contributed by atoms with van der Waals surface area (Å²) >= 11 is 18.0. The predicted octanol–water partition coefficient (Wildman–Crippen LogP) is 5.87. The van der Waals surface area contributed by atoms with Crippen molar-refractivity contribution in [2.45, 2.75) is 19.4 Å². The Morgan fingerprint density at radius 1 is 1.05 bits per heavy atom. The van der Waals surface area contributed by atoms with Gasteiger partial charge in [-0.05, 0) is 48.9 Å². The Hall–Kier alpha value is -0.800. The van der Waals surface area contributed by atoms with E-state index in [0.717, 1.165) is 18.5 Å². The van der Waals surface area contributed by atoms with E-state index in [4.69, 9.17) is 34.8 Å². The van der Waals surface area contributed by atoms with E-state index in [1.807, 2.05) is 13.0 Å². The van der Waals surface area contributed by atoms with Crippen LogP contribution >= 0.6 is 34.8 Å². The minimum Gasteiger partial charge on any atom is -0.306 e. The van der Waals surface area contributed by atoms with Crippen molar-refractivity contribution in [2.75, 3.05) is 6.54 Å². The van der Waals surface area contributed by atoms with Crippen LogP contribution in [0.3, 0.4) is 0 Å². The van der Waals surface area contributed by atoms with Gasteiger partial charge in [0.25, 0.3) is 0 Å². The van der Waals surface area contributed by atoms with E-state index >= 15 is 0 Å². The quantitative estimate of drug-likeness (QED) is 0.713. The smallest absolute Gasteiger partial charge is 0.128 e. The maximum Gasteiger partial charge on any atom is 0.128 e. The molecule has 0 spiro atoms. The molecule has 0 radical (unpaired) electrons. The summed E-state index contributed by atoms with van der Waals surface area (Å²) in [5.74, 6) is -0.306. The highest BCUT2D eigenvalue weighted by atomic mass is 35.5. The summed E-state index contributed by atoms with van der Waals surface area (Å²) in [4.78, 5) is 0. The van der Waals surface area contributed by atoms with Crippen LogP contribution in [0.15, 0.2) is 36.4 Å². The molecule has 112 valence electrons. The average molecular weight is 347 g/mol. The first-order valence-electron chi connectivity index (χ1n) is 6.66. The van der Waals surface area contributed by atoms with Gasteiger partial charge in [0.05, 0.1) is 16.1 Å². The second kappa shape index (κ2) is 7.46. The second-order valence-electron chi connectivity index (χ2n) is 4.73. The van der Waals surface area contributed by atoms with Crippen LogP contribution in [0.5, 0.6) is 0 Å². The summed E-state index contributed by atoms with van der Waals surface area (Å²) in [5.41, 5.74) is 1.34. The highest BCUT2D eigenvalue weighted by Crippen LogP contribution is 2.31. The minimum absolute atomic E-state index is 0.306. The van der Waals surface area contributed by atoms with Gasteiger partial charge in [-0.2, -0.15) is 0 Å². The summed E-state index contributed by atoms with van der Waals surface area (Å²) in [6, 6.07) is 9.51. The van der Waals surface area contributed by atoms with E-state index in [-0.39, 0.29) is 11.9 Å². The fourth-order valence-electron chi connectivity index (χ4n) is 2.12. The van der Waals surface area contributed by atoms with Gasteiger partial charge >= 0.3 is 0 Å². The van der Waals surface area contributed by atoms with Crippen LogP contribution in [0.4, 0.5) is 4.39 Å². The molecule has 21 heavy (non-hydrogen) atoms. The molecule has 5 heteroatoms. The summed E-state index contributed by atoms with van der Waals surface area (Å²) in [6.07, 6.45) is 0.931. The van der Waals surface area contributed by atoms with Crippen molar-refractivity contribution in [3.05, 3.63) is 68.4 Å². The SMILES string of the molecule is CCCNC(c1ccc(Cl)c(Cl)c1)c1cc(Cl)ccc1F. The van der Waals surface area contributed by atoms with Gasteiger partial charge in [0.15, 0.2) is 0 Å². The summed E-state index contributed by atoms with van der Waals surface area (Å²) in [6.45, 7) is 2.80. The topological polar surface area (TPSA) is 12.0 Å². The van der Waals surface area contributed by atoms with E-state index < -0.39 is 0 Å². The van der Waals surface area contributed by atoms with Crippen LogP contribution in [0.2, 0.25) is 15.1 Å². The van der Waals surface area contributed by atoms with Gasteiger partial charge in [0.2, 0.25) is 0 Å². The Balaban J connectivity index is 2.46. The number of benzene rings is 2. The molecule has 0 aromatic heterocycles. The molecule has 1 nitrogen and oxygen atoms in total. The second-order valence-corrected chi connectivity index (χ2v) is 5.98. The minimum atomic E-state index is -0.321. The van der Waals surface area contributed by atoms with Gasteiger partial charge < -0.3 is 5.32 Å². The van der Waals surface area contributed by atoms with Crippen molar-refractivity contribution < 1.29 is 4.39 Å². The molecule has 0 bridgehead atoms. The normalized spacial score (nSPS) is 12.4. The molecule has 0 fully saturated rings. The molecule has 1 atom stereocenters. The molecule has 2 aromatic rings. The van der Waals surface area contributed by atoms with Crippen molar-refractivity contribution in [1.82, 2.24) is 5.32 Å². The maximum absolute atomic E-state index is 14.2. The van der Waals surface area contributed by atoms with E-state index in [2.05, 4.69) is 5.32 Å². The molecule has 2 aromatic carbocycles. The third kappa shape index (κ3) is 4.10. The molecular weight excluding hydrogens is 332 g/mol. The van der Waals surface area contributed by atoms with E-state index in [9.17, 15) is 4.39 Å². The standard InChI is InChI=1S/C16H15Cl3FN/c1-2-7-21-16(10-3-5-13(18)14(19)8-10)12-9-11(17)4-6-15(12)20/h3-6,8-9,16,21H,2,7H2,1H3. The van der Waals surface area contributed by atoms with Crippen molar-refractivity contribution in [1.29, 1.82) is 0 Å². The van der Waals surface area contributed by atoms with Crippen LogP contribution < -0.4 is 5.32 Å². The molecule has 0 heterocycles. The molecule has 0 aliphatic carbocycles. The van der Waals surface area contributed by atoms with E-state index in [1.165, 1.54) is 12.1 Å². The molecule has 0 saturated carbocycles. The first kappa shape index (κ1) is 16.6. The van der Waals surface area contributed by atoms with E-state index in [0.29, 0.717) is 20.6 Å². The molecule has 0 aliphatic rings. The Morgan fingerprint density at radius 3 is 2.48 bits per heavy atom. The zero-order valence-electron chi connectivity index (χ0n) is 11.5. The third-order valence-corrected chi connectivity index (χ3v) is 4.12. The molecule has 0 aliphatic heterocycles. The highest BCUT2D eigenvalue weighted by molar-refractivity contribution is 6.42. The first-order chi connectivity index (χ1) is 10.0. The zero-order valence-corrected chi connectivity index (χ0v) is 13.7. The van der Waals surface area contributed by atoms with Crippen LogP contribution in [0.25, 0.3) is 0 Å². The fraction of sp³-hybridized carbons (Fsp3) is 0.250. The van der Waals surface area contributed by atoms with Gasteiger partial charge in [-0.1, -0.05) is 47.8 Å². The predicted molar refractivity (Wildman–Crippen MR) is 88.0 cm³/mol. The zero-order chi connectivity index (χ0) is 15.4. The number of nitrogens with one attached hydrogen (secondary N) is 1. The number of halogens is 4. The van der Waals surface area contributed by atoms with Crippen molar-refractivity contribution in [3.63, 3.8) is 0 Å². The Bertz CT molecular complexity index is 631. The average Bonchev–Trinajstić information content (AvgIpc) is 2.46. The van der Waals surface area contributed by atoms with Gasteiger partial charge in [0.1, 0.15) is 5.82 Å². The van der Waals surface area contributed by atoms with Crippen LogP contribution in [0, 0.1) is 5.82 Å². The van der Waals surface area contributed by atoms with Crippen LogP contribution in [-0.4, -0.2) is 6.54 Å². The lowest BCUT2D eigenvalue weighted by Crippen LogP contribution is -2.24. The summed E-state index contributed by atoms with van der Waals surface area (Å²) in [5, 5.41) is 4.73. The highest BCUT2D eigenvalue weighted by Gasteiger charge is 2.18. The molecular formula is C16H15Cl3FN. The maximum atomic E-state index is 14.2. The first-order valence-corrected chi connectivity index (χ1v) is 7.79. The summed E-state index contributed by atoms with van der Waals surface area (Å²) in [7, 11) is 0. The Kier molecular flexibility index (Phi) is 5.88. The van der Waals surface area contributed by atoms with Crippen molar-refractivity contribution in [3.8, 4) is 0 Å². The molecule has 1 unspecified atom stereocenters. The Labute approximate surface area is 139 Å². The third-order valence-electron chi connectivity index (χ3n) is 3.14. The van der Waals surface area contributed by atoms with Crippen LogP contribution in [-0.2, 0) is 0 Å². The lowest BCUT2D eigenvalue weighted by Gasteiger charge is -2.21. The van der Waals surface area contributed by atoms with Crippen molar-refractivity contribution in [2.24, 2.45) is 0 Å². The van der Waals surface area contributed by atoms with Gasteiger partial charge in [0, 0.05) is 10.6 Å². The van der Waals surface area contributed by atoms with Crippen LogP contribution in [0.1, 0.15) is 30.5 Å². The van der Waals surface area contributed by atoms with E-state index in [1.54, 1.807) is 18.2 Å². The van der Waals surface area contributed by atoms with Gasteiger partial charge in [-0.25, -0.2) is 4.39 Å². The molecule has 0 amide bonds. The Morgan fingerprint density at radius 2 is 1.81 bits per heavy atom. The van der Waals surface area contributed by atoms with Crippen molar-refractivity contribution >= 4 is 34.8 Å². The molecule has 2 rings (SSSR count). The summed E-state index contributed by atoms with van der Waals surface area (Å²) < 4.78 is 14.2. The molecule has 0 saturated heterocycles. The fourth-order valence-corrected chi connectivity index (χ4v) is 2.61. The van der Waals surface area contributed by atoms with Gasteiger partial charge in [-0.3, -0.25) is 0 Å². The number of hydrogen-bond acceptors (Lipinski definition) is 1. The lowest BCUT2D eigenvalue weighted by atomic mass is 9.98. The molecule has 1 N–H and O–H groups in total. The lowest BCUT2D eigenvalue weighted by molar-refractivity contribution is 0.547. The largest absolute Gasteiger partial charge is 0.306 e. The van der Waals surface area contributed by atoms with Gasteiger partial charge in [-0.15, -0.1) is 0 Å². The number of rotatable bonds is 5. The number of hydrogen-bond donors (Lipinski definition) is 1. The monoisotopic (exact) mass is 345 g/mol.